The van der Waals surface area contributed by atoms with E-state index in [-0.39, 0.29) is 0 Å². The molecular weight excluding hydrogens is 554 g/mol. The molecule has 2 aromatic heterocycles. The molecule has 6 nitrogen and oxygen atoms in total. The lowest BCUT2D eigenvalue weighted by Crippen LogP contribution is -2.38. The van der Waals surface area contributed by atoms with Crippen molar-refractivity contribution in [2.75, 3.05) is 12.4 Å². The molecule has 0 aliphatic rings. The summed E-state index contributed by atoms with van der Waals surface area (Å²) in [7, 11) is 1.90. The second-order valence-corrected chi connectivity index (χ2v) is 10.8. The summed E-state index contributed by atoms with van der Waals surface area (Å²) in [6.07, 6.45) is 0. The molecule has 1 N–H and O–H groups in total. The van der Waals surface area contributed by atoms with E-state index in [1.54, 1.807) is 6.92 Å². The highest BCUT2D eigenvalue weighted by Crippen LogP contribution is 2.44. The molecule has 0 saturated heterocycles. The third-order valence-corrected chi connectivity index (χ3v) is 8.19. The van der Waals surface area contributed by atoms with Crippen LogP contribution in [0.2, 0.25) is 5.02 Å². The van der Waals surface area contributed by atoms with Gasteiger partial charge in [0.2, 0.25) is 11.8 Å². The van der Waals surface area contributed by atoms with E-state index < -0.39 is 5.54 Å². The van der Waals surface area contributed by atoms with Gasteiger partial charge in [-0.1, -0.05) is 109 Å². The molecule has 210 valence electrons. The fraction of sp³-hybridized carbons (Fsp3) is 0.0833. The maximum Gasteiger partial charge on any atom is 0.247 e. The zero-order valence-corrected chi connectivity index (χ0v) is 24.5. The molecule has 0 saturated carbocycles. The molecule has 2 heterocycles. The summed E-state index contributed by atoms with van der Waals surface area (Å²) in [5.74, 6) is 1.74. The van der Waals surface area contributed by atoms with Crippen LogP contribution >= 0.6 is 11.6 Å². The van der Waals surface area contributed by atoms with Gasteiger partial charge in [0.25, 0.3) is 0 Å². The summed E-state index contributed by atoms with van der Waals surface area (Å²) in [6.45, 7) is 1.78. The maximum absolute atomic E-state index is 6.76. The van der Waals surface area contributed by atoms with E-state index in [1.165, 1.54) is 0 Å². The van der Waals surface area contributed by atoms with Gasteiger partial charge in [-0.25, -0.2) is 4.68 Å². The quantitative estimate of drug-likeness (QED) is 0.191. The molecule has 0 unspecified atom stereocenters. The first-order valence-corrected chi connectivity index (χ1v) is 14.5. The van der Waals surface area contributed by atoms with Crippen molar-refractivity contribution in [1.29, 1.82) is 0 Å². The van der Waals surface area contributed by atoms with Crippen LogP contribution in [0, 0.1) is 6.92 Å². The van der Waals surface area contributed by atoms with Gasteiger partial charge in [-0.3, -0.25) is 0 Å². The second-order valence-electron chi connectivity index (χ2n) is 10.4. The molecule has 0 fully saturated rings. The van der Waals surface area contributed by atoms with Gasteiger partial charge in [-0.15, -0.1) is 10.2 Å². The van der Waals surface area contributed by atoms with Gasteiger partial charge in [0, 0.05) is 35.5 Å². The molecular formula is C36H28ClN5O. The summed E-state index contributed by atoms with van der Waals surface area (Å²) in [6, 6.07) is 43.8. The fourth-order valence-corrected chi connectivity index (χ4v) is 6.15. The first kappa shape index (κ1) is 26.7. The zero-order valence-electron chi connectivity index (χ0n) is 23.7. The molecule has 7 rings (SSSR count). The van der Waals surface area contributed by atoms with E-state index in [4.69, 9.17) is 21.1 Å². The Morgan fingerprint density at radius 2 is 1.28 bits per heavy atom. The van der Waals surface area contributed by atoms with Crippen LogP contribution in [0.3, 0.4) is 0 Å². The number of nitrogens with zero attached hydrogens (tertiary/aromatic N) is 4. The molecule has 0 aliphatic carbocycles. The molecule has 0 amide bonds. The van der Waals surface area contributed by atoms with Gasteiger partial charge < -0.3 is 9.73 Å². The van der Waals surface area contributed by atoms with Crippen molar-refractivity contribution in [2.45, 2.75) is 12.5 Å². The van der Waals surface area contributed by atoms with Crippen molar-refractivity contribution < 1.29 is 4.42 Å². The number of nitrogens with one attached hydrogen (secondary N) is 1. The van der Waals surface area contributed by atoms with Crippen LogP contribution in [0.1, 0.15) is 22.6 Å². The first-order chi connectivity index (χ1) is 21.1. The number of halogens is 1. The lowest BCUT2D eigenvalue weighted by molar-refractivity contribution is 0.477. The molecule has 0 radical (unpaired) electrons. The lowest BCUT2D eigenvalue weighted by atomic mass is 9.77. The number of hydrogen-bond acceptors (Lipinski definition) is 5. The van der Waals surface area contributed by atoms with Crippen molar-refractivity contribution in [3.05, 3.63) is 155 Å². The van der Waals surface area contributed by atoms with Crippen molar-refractivity contribution in [3.63, 3.8) is 0 Å². The molecule has 43 heavy (non-hydrogen) atoms. The number of rotatable bonds is 7. The summed E-state index contributed by atoms with van der Waals surface area (Å²) < 4.78 is 7.84. The summed E-state index contributed by atoms with van der Waals surface area (Å²) in [4.78, 5) is 0. The number of benzene rings is 5. The van der Waals surface area contributed by atoms with Crippen molar-refractivity contribution in [2.24, 2.45) is 0 Å². The van der Waals surface area contributed by atoms with Gasteiger partial charge in [0.05, 0.1) is 5.52 Å². The minimum atomic E-state index is -0.744. The Balaban J connectivity index is 1.50. The monoisotopic (exact) mass is 581 g/mol. The highest BCUT2D eigenvalue weighted by atomic mass is 35.5. The fourth-order valence-electron chi connectivity index (χ4n) is 5.92. The highest BCUT2D eigenvalue weighted by Gasteiger charge is 2.40. The Labute approximate surface area is 254 Å². The minimum Gasteiger partial charge on any atom is -0.421 e. The van der Waals surface area contributed by atoms with Gasteiger partial charge >= 0.3 is 0 Å². The number of fused-ring (bicyclic) bond motifs is 1. The third kappa shape index (κ3) is 4.47. The minimum absolute atomic E-state index is 0.457. The maximum atomic E-state index is 6.76. The summed E-state index contributed by atoms with van der Waals surface area (Å²) >= 11 is 6.76. The van der Waals surface area contributed by atoms with E-state index >= 15 is 0 Å². The van der Waals surface area contributed by atoms with E-state index in [1.807, 2.05) is 43.4 Å². The van der Waals surface area contributed by atoms with E-state index in [9.17, 15) is 0 Å². The highest BCUT2D eigenvalue weighted by molar-refractivity contribution is 6.33. The van der Waals surface area contributed by atoms with Gasteiger partial charge in [-0.2, -0.15) is 5.10 Å². The Morgan fingerprint density at radius 1 is 0.698 bits per heavy atom. The van der Waals surface area contributed by atoms with E-state index in [0.29, 0.717) is 16.8 Å². The second kappa shape index (κ2) is 10.9. The Kier molecular flexibility index (Phi) is 6.76. The van der Waals surface area contributed by atoms with Gasteiger partial charge in [0.15, 0.2) is 5.82 Å². The number of hydrogen-bond donors (Lipinski definition) is 1. The molecule has 0 aliphatic heterocycles. The SMILES string of the molecule is CNc1nn(C(c2ccccc2)(c2ccccc2)c2ccccc2)c2ccc(-c3cc(-c4nnc(C)o4)ccc3Cl)cc12. The smallest absolute Gasteiger partial charge is 0.247 e. The molecule has 0 bridgehead atoms. The van der Waals surface area contributed by atoms with Crippen LogP contribution < -0.4 is 5.32 Å². The molecule has 0 spiro atoms. The Bertz CT molecular complexity index is 1940. The predicted molar refractivity (Wildman–Crippen MR) is 172 cm³/mol. The van der Waals surface area contributed by atoms with Crippen LogP contribution in [0.5, 0.6) is 0 Å². The zero-order chi connectivity index (χ0) is 29.4. The standard InChI is InChI=1S/C36H28ClN5O/c1-24-39-40-35(43-24)26-18-20-32(37)30(23-26)25-19-21-33-31(22-25)34(38-2)41-42(33)36(27-12-6-3-7-13-27,28-14-8-4-9-15-28)29-16-10-5-11-17-29/h3-23H,1-2H3,(H,38,41). The third-order valence-electron chi connectivity index (χ3n) is 7.86. The topological polar surface area (TPSA) is 68.8 Å². The summed E-state index contributed by atoms with van der Waals surface area (Å²) in [5.41, 5.74) is 6.18. The largest absolute Gasteiger partial charge is 0.421 e. The van der Waals surface area contributed by atoms with Gasteiger partial charge in [0.1, 0.15) is 5.54 Å². The number of anilines is 1. The normalized spacial score (nSPS) is 11.6. The molecule has 0 atom stereocenters. The van der Waals surface area contributed by atoms with Crippen LogP contribution in [0.4, 0.5) is 5.82 Å². The van der Waals surface area contributed by atoms with E-state index in [0.717, 1.165) is 50.1 Å². The lowest BCUT2D eigenvalue weighted by Gasteiger charge is -2.37. The Morgan fingerprint density at radius 3 is 1.81 bits per heavy atom. The van der Waals surface area contributed by atoms with Crippen LogP contribution in [0.25, 0.3) is 33.5 Å². The average Bonchev–Trinajstić information content (AvgIpc) is 3.67. The average molecular weight is 582 g/mol. The molecule has 5 aromatic carbocycles. The van der Waals surface area contributed by atoms with Crippen molar-refractivity contribution >= 4 is 28.3 Å². The van der Waals surface area contributed by atoms with Crippen LogP contribution in [-0.2, 0) is 5.54 Å². The van der Waals surface area contributed by atoms with Crippen LogP contribution in [-0.4, -0.2) is 27.0 Å². The van der Waals surface area contributed by atoms with Crippen LogP contribution in [0.15, 0.2) is 132 Å². The number of aryl methyl sites for hydroxylation is 1. The van der Waals surface area contributed by atoms with Crippen molar-refractivity contribution in [3.8, 4) is 22.6 Å². The van der Waals surface area contributed by atoms with Crippen molar-refractivity contribution in [1.82, 2.24) is 20.0 Å². The predicted octanol–water partition coefficient (Wildman–Crippen LogP) is 8.60. The first-order valence-electron chi connectivity index (χ1n) is 14.1. The molecule has 7 heteroatoms. The number of aromatic nitrogens is 4. The van der Waals surface area contributed by atoms with E-state index in [2.05, 4.69) is 111 Å². The molecule has 7 aromatic rings. The summed E-state index contributed by atoms with van der Waals surface area (Å²) in [5, 5.41) is 18.4. The van der Waals surface area contributed by atoms with Gasteiger partial charge in [-0.05, 0) is 52.6 Å². The Hall–Kier alpha value is -5.20.